The highest BCUT2D eigenvalue weighted by Crippen LogP contribution is 2.32. The third kappa shape index (κ3) is 3.20. The number of benzene rings is 1. The van der Waals surface area contributed by atoms with Gasteiger partial charge in [0, 0.05) is 4.90 Å². The largest absolute Gasteiger partial charge is 0.465 e. The van der Waals surface area contributed by atoms with Gasteiger partial charge in [-0.2, -0.15) is 0 Å². The average molecular weight is 315 g/mol. The van der Waals surface area contributed by atoms with Crippen LogP contribution in [0.4, 0.5) is 10.8 Å². The summed E-state index contributed by atoms with van der Waals surface area (Å²) in [6.07, 6.45) is 2.00. The molecule has 1 aromatic carbocycles. The normalized spacial score (nSPS) is 10.3. The lowest BCUT2D eigenvalue weighted by molar-refractivity contribution is 0.0606. The lowest BCUT2D eigenvalue weighted by Gasteiger charge is -2.06. The van der Waals surface area contributed by atoms with E-state index in [2.05, 4.69) is 15.0 Å². The fraction of sp³-hybridized carbons (Fsp3) is 0.167. The van der Waals surface area contributed by atoms with E-state index < -0.39 is 5.97 Å². The van der Waals surface area contributed by atoms with Gasteiger partial charge in [0.25, 0.3) is 0 Å². The first-order valence-electron chi connectivity index (χ1n) is 5.30. The number of methoxy groups -OCH3 is 1. The molecule has 0 aliphatic carbocycles. The highest BCUT2D eigenvalue weighted by molar-refractivity contribution is 7.98. The van der Waals surface area contributed by atoms with Gasteiger partial charge in [0.2, 0.25) is 0 Å². The molecule has 1 heterocycles. The molecule has 0 fully saturated rings. The highest BCUT2D eigenvalue weighted by Gasteiger charge is 2.17. The first-order chi connectivity index (χ1) is 9.15. The van der Waals surface area contributed by atoms with Gasteiger partial charge in [0.05, 0.1) is 12.8 Å². The molecule has 100 valence electrons. The second-order valence-corrected chi connectivity index (χ2v) is 5.66. The van der Waals surface area contributed by atoms with Crippen molar-refractivity contribution in [3.63, 3.8) is 0 Å². The number of thiazole rings is 1. The van der Waals surface area contributed by atoms with Crippen molar-refractivity contribution < 1.29 is 9.53 Å². The number of nitrogens with zero attached hydrogens (tertiary/aromatic N) is 1. The molecule has 1 aromatic heterocycles. The average Bonchev–Trinajstić information content (AvgIpc) is 2.79. The van der Waals surface area contributed by atoms with Crippen LogP contribution in [0.5, 0.6) is 0 Å². The second kappa shape index (κ2) is 6.27. The summed E-state index contributed by atoms with van der Waals surface area (Å²) in [5.74, 6) is -0.478. The van der Waals surface area contributed by atoms with Crippen LogP contribution in [0.2, 0.25) is 5.15 Å². The fourth-order valence-corrected chi connectivity index (χ4v) is 3.11. The number of aromatic nitrogens is 1. The maximum absolute atomic E-state index is 11.5. The van der Waals surface area contributed by atoms with Crippen molar-refractivity contribution in [1.82, 2.24) is 4.98 Å². The lowest BCUT2D eigenvalue weighted by atomic mass is 10.3. The van der Waals surface area contributed by atoms with E-state index in [0.29, 0.717) is 10.0 Å². The molecule has 2 rings (SSSR count). The standard InChI is InChI=1S/C12H11ClN2O2S2/c1-17-11(16)9-10(13)15-12(19-9)14-7-5-3-4-6-8(7)18-2/h3-6H,1-2H3,(H,14,15). The van der Waals surface area contributed by atoms with E-state index >= 15 is 0 Å². The van der Waals surface area contributed by atoms with Crippen LogP contribution in [-0.2, 0) is 4.74 Å². The Morgan fingerprint density at radius 2 is 2.21 bits per heavy atom. The molecule has 0 atom stereocenters. The summed E-state index contributed by atoms with van der Waals surface area (Å²) in [4.78, 5) is 17.0. The van der Waals surface area contributed by atoms with E-state index in [1.165, 1.54) is 18.4 Å². The number of carbonyl (C=O) groups excluding carboxylic acids is 1. The number of hydrogen-bond acceptors (Lipinski definition) is 6. The molecule has 0 amide bonds. The van der Waals surface area contributed by atoms with Crippen molar-refractivity contribution in [2.24, 2.45) is 0 Å². The topological polar surface area (TPSA) is 51.2 Å². The van der Waals surface area contributed by atoms with Crippen LogP contribution < -0.4 is 5.32 Å². The number of halogens is 1. The van der Waals surface area contributed by atoms with Gasteiger partial charge in [0.1, 0.15) is 0 Å². The van der Waals surface area contributed by atoms with E-state index in [1.54, 1.807) is 11.8 Å². The molecule has 19 heavy (non-hydrogen) atoms. The minimum Gasteiger partial charge on any atom is -0.465 e. The maximum atomic E-state index is 11.5. The highest BCUT2D eigenvalue weighted by atomic mass is 35.5. The van der Waals surface area contributed by atoms with E-state index in [-0.39, 0.29) is 5.15 Å². The zero-order chi connectivity index (χ0) is 13.8. The van der Waals surface area contributed by atoms with Gasteiger partial charge in [-0.1, -0.05) is 35.1 Å². The minimum atomic E-state index is -0.478. The molecule has 0 unspecified atom stereocenters. The Balaban J connectivity index is 2.27. The van der Waals surface area contributed by atoms with Gasteiger partial charge >= 0.3 is 5.97 Å². The number of thioether (sulfide) groups is 1. The first kappa shape index (κ1) is 14.2. The van der Waals surface area contributed by atoms with Crippen LogP contribution in [0.3, 0.4) is 0 Å². The Morgan fingerprint density at radius 3 is 2.89 bits per heavy atom. The summed E-state index contributed by atoms with van der Waals surface area (Å²) in [6, 6.07) is 7.84. The van der Waals surface area contributed by atoms with Crippen LogP contribution >= 0.6 is 34.7 Å². The summed E-state index contributed by atoms with van der Waals surface area (Å²) in [6.45, 7) is 0. The molecular formula is C12H11ClN2O2S2. The van der Waals surface area contributed by atoms with Crippen molar-refractivity contribution >= 4 is 51.5 Å². The van der Waals surface area contributed by atoms with Gasteiger partial charge in [-0.05, 0) is 18.4 Å². The summed E-state index contributed by atoms with van der Waals surface area (Å²) in [5.41, 5.74) is 0.928. The fourth-order valence-electron chi connectivity index (χ4n) is 1.44. The quantitative estimate of drug-likeness (QED) is 0.681. The molecule has 0 saturated carbocycles. The Bertz CT molecular complexity index is 601. The number of nitrogens with one attached hydrogen (secondary N) is 1. The van der Waals surface area contributed by atoms with Crippen molar-refractivity contribution in [3.05, 3.63) is 34.3 Å². The lowest BCUT2D eigenvalue weighted by Crippen LogP contribution is -1.98. The summed E-state index contributed by atoms with van der Waals surface area (Å²) < 4.78 is 4.64. The Morgan fingerprint density at radius 1 is 1.47 bits per heavy atom. The SMILES string of the molecule is COC(=O)c1sc(Nc2ccccc2SC)nc1Cl. The van der Waals surface area contributed by atoms with E-state index in [1.807, 2.05) is 30.5 Å². The minimum absolute atomic E-state index is 0.154. The van der Waals surface area contributed by atoms with Gasteiger partial charge in [-0.15, -0.1) is 11.8 Å². The van der Waals surface area contributed by atoms with Crippen LogP contribution in [0.25, 0.3) is 0 Å². The third-order valence-corrected chi connectivity index (χ3v) is 4.44. The smallest absolute Gasteiger partial charge is 0.351 e. The Labute approximate surface area is 124 Å². The van der Waals surface area contributed by atoms with Crippen LogP contribution in [0, 0.1) is 0 Å². The van der Waals surface area contributed by atoms with Crippen molar-refractivity contribution in [1.29, 1.82) is 0 Å². The van der Waals surface area contributed by atoms with Gasteiger partial charge < -0.3 is 10.1 Å². The van der Waals surface area contributed by atoms with Crippen molar-refractivity contribution in [2.75, 3.05) is 18.7 Å². The molecule has 0 bridgehead atoms. The zero-order valence-corrected chi connectivity index (χ0v) is 12.7. The van der Waals surface area contributed by atoms with Crippen LogP contribution in [-0.4, -0.2) is 24.3 Å². The predicted molar refractivity (Wildman–Crippen MR) is 80.0 cm³/mol. The predicted octanol–water partition coefficient (Wildman–Crippen LogP) is 4.05. The Kier molecular flexibility index (Phi) is 4.68. The molecule has 0 radical (unpaired) electrons. The second-order valence-electron chi connectivity index (χ2n) is 3.46. The number of anilines is 2. The van der Waals surface area contributed by atoms with Crippen LogP contribution in [0.1, 0.15) is 9.67 Å². The number of rotatable bonds is 4. The molecule has 0 aliphatic rings. The zero-order valence-electron chi connectivity index (χ0n) is 10.3. The van der Waals surface area contributed by atoms with Crippen LogP contribution in [0.15, 0.2) is 29.2 Å². The Hall–Kier alpha value is -1.24. The van der Waals surface area contributed by atoms with E-state index in [4.69, 9.17) is 11.6 Å². The molecule has 0 aliphatic heterocycles. The molecule has 7 heteroatoms. The maximum Gasteiger partial charge on any atom is 0.351 e. The third-order valence-electron chi connectivity index (χ3n) is 2.31. The van der Waals surface area contributed by atoms with Crippen molar-refractivity contribution in [3.8, 4) is 0 Å². The first-order valence-corrected chi connectivity index (χ1v) is 7.72. The van der Waals surface area contributed by atoms with Gasteiger partial charge in [-0.3, -0.25) is 0 Å². The number of esters is 1. The number of hydrogen-bond donors (Lipinski definition) is 1. The molecule has 0 saturated heterocycles. The summed E-state index contributed by atoms with van der Waals surface area (Å²) in [5, 5.41) is 3.87. The molecular weight excluding hydrogens is 304 g/mol. The summed E-state index contributed by atoms with van der Waals surface area (Å²) in [7, 11) is 1.31. The monoisotopic (exact) mass is 314 g/mol. The van der Waals surface area contributed by atoms with Gasteiger partial charge in [-0.25, -0.2) is 9.78 Å². The number of ether oxygens (including phenoxy) is 1. The number of para-hydroxylation sites is 1. The van der Waals surface area contributed by atoms with Crippen molar-refractivity contribution in [2.45, 2.75) is 4.90 Å². The molecule has 1 N–H and O–H groups in total. The van der Waals surface area contributed by atoms with E-state index in [9.17, 15) is 4.79 Å². The van der Waals surface area contributed by atoms with Gasteiger partial charge in [0.15, 0.2) is 15.2 Å². The van der Waals surface area contributed by atoms with E-state index in [0.717, 1.165) is 10.6 Å². The molecule has 2 aromatic rings. The molecule has 4 nitrogen and oxygen atoms in total. The summed E-state index contributed by atoms with van der Waals surface area (Å²) >= 11 is 8.71. The molecule has 0 spiro atoms. The number of carbonyl (C=O) groups is 1.